The molecule has 0 aliphatic heterocycles. The molecule has 0 aromatic carbocycles. The fraction of sp³-hybridized carbons (Fsp3) is 0.583. The van der Waals surface area contributed by atoms with Crippen molar-refractivity contribution in [3.8, 4) is 0 Å². The Labute approximate surface area is 95.9 Å². The molecule has 0 aliphatic rings. The van der Waals surface area contributed by atoms with Crippen LogP contribution in [0.4, 0.5) is 0 Å². The molecule has 0 spiro atoms. The first-order valence-corrected chi connectivity index (χ1v) is 5.81. The van der Waals surface area contributed by atoms with Gasteiger partial charge in [-0.2, -0.15) is 0 Å². The van der Waals surface area contributed by atoms with Gasteiger partial charge in [-0.05, 0) is 31.9 Å². The third-order valence-corrected chi connectivity index (χ3v) is 2.44. The van der Waals surface area contributed by atoms with Gasteiger partial charge in [0.05, 0.1) is 0 Å². The summed E-state index contributed by atoms with van der Waals surface area (Å²) in [6, 6.07) is 5.19. The smallest absolute Gasteiger partial charge is 0.250 e. The highest BCUT2D eigenvalue weighted by Gasteiger charge is 1.93. The third-order valence-electron chi connectivity index (χ3n) is 2.44. The summed E-state index contributed by atoms with van der Waals surface area (Å²) in [4.78, 5) is 11.3. The van der Waals surface area contributed by atoms with Crippen LogP contribution >= 0.6 is 0 Å². The molecule has 0 saturated heterocycles. The van der Waals surface area contributed by atoms with Crippen LogP contribution in [-0.4, -0.2) is 29.4 Å². The van der Waals surface area contributed by atoms with Gasteiger partial charge in [0.1, 0.15) is 0 Å². The lowest BCUT2D eigenvalue weighted by atomic mass is 10.2. The van der Waals surface area contributed by atoms with Crippen LogP contribution in [0, 0.1) is 0 Å². The van der Waals surface area contributed by atoms with Gasteiger partial charge < -0.3 is 15.0 Å². The first-order valence-electron chi connectivity index (χ1n) is 5.81. The summed E-state index contributed by atoms with van der Waals surface area (Å²) in [5, 5.41) is 11.9. The van der Waals surface area contributed by atoms with Crippen LogP contribution in [0.5, 0.6) is 0 Å². The van der Waals surface area contributed by atoms with Crippen LogP contribution in [0.2, 0.25) is 0 Å². The molecule has 0 amide bonds. The van der Waals surface area contributed by atoms with E-state index in [1.807, 2.05) is 6.07 Å². The van der Waals surface area contributed by atoms with E-state index in [1.54, 1.807) is 22.9 Å². The lowest BCUT2D eigenvalue weighted by molar-refractivity contribution is 0.283. The molecule has 4 nitrogen and oxygen atoms in total. The second-order valence-electron chi connectivity index (χ2n) is 3.77. The van der Waals surface area contributed by atoms with Gasteiger partial charge in [-0.25, -0.2) is 0 Å². The van der Waals surface area contributed by atoms with Gasteiger partial charge in [-0.3, -0.25) is 4.79 Å². The van der Waals surface area contributed by atoms with Crippen molar-refractivity contribution >= 4 is 0 Å². The monoisotopic (exact) mass is 224 g/mol. The minimum absolute atomic E-state index is 0.0459. The van der Waals surface area contributed by atoms with Crippen LogP contribution in [-0.2, 0) is 6.54 Å². The molecular formula is C12H20N2O2. The molecule has 1 aromatic heterocycles. The van der Waals surface area contributed by atoms with Crippen molar-refractivity contribution in [3.63, 3.8) is 0 Å². The van der Waals surface area contributed by atoms with Crippen LogP contribution in [0.3, 0.4) is 0 Å². The minimum atomic E-state index is 0.0459. The summed E-state index contributed by atoms with van der Waals surface area (Å²) >= 11 is 0. The quantitative estimate of drug-likeness (QED) is 0.636. The molecule has 2 N–H and O–H groups in total. The molecule has 0 atom stereocenters. The zero-order valence-electron chi connectivity index (χ0n) is 9.56. The van der Waals surface area contributed by atoms with Gasteiger partial charge in [-0.15, -0.1) is 0 Å². The normalized spacial score (nSPS) is 10.6. The SMILES string of the molecule is O=c1ccccn1CCNCCCCCO. The number of nitrogens with one attached hydrogen (secondary N) is 1. The van der Waals surface area contributed by atoms with Gasteiger partial charge in [0.25, 0.3) is 5.56 Å². The van der Waals surface area contributed by atoms with E-state index in [9.17, 15) is 4.79 Å². The Morgan fingerprint density at radius 1 is 1.19 bits per heavy atom. The van der Waals surface area contributed by atoms with Crippen LogP contribution in [0.1, 0.15) is 19.3 Å². The van der Waals surface area contributed by atoms with Crippen molar-refractivity contribution in [2.45, 2.75) is 25.8 Å². The Hall–Kier alpha value is -1.13. The lowest BCUT2D eigenvalue weighted by Crippen LogP contribution is -2.26. The topological polar surface area (TPSA) is 54.3 Å². The van der Waals surface area contributed by atoms with Gasteiger partial charge in [0.2, 0.25) is 0 Å². The van der Waals surface area contributed by atoms with E-state index in [1.165, 1.54) is 0 Å². The fourth-order valence-corrected chi connectivity index (χ4v) is 1.51. The molecule has 1 aromatic rings. The van der Waals surface area contributed by atoms with Crippen LogP contribution < -0.4 is 10.9 Å². The molecule has 0 bridgehead atoms. The molecule has 0 aliphatic carbocycles. The molecule has 4 heteroatoms. The maximum atomic E-state index is 11.3. The van der Waals surface area contributed by atoms with E-state index in [-0.39, 0.29) is 12.2 Å². The predicted octanol–water partition coefficient (Wildman–Crippen LogP) is 0.600. The Kier molecular flexibility index (Phi) is 6.53. The summed E-state index contributed by atoms with van der Waals surface area (Å²) in [7, 11) is 0. The standard InChI is InChI=1S/C12H20N2O2/c15-11-5-1-3-7-13-8-10-14-9-4-2-6-12(14)16/h2,4,6,9,13,15H,1,3,5,7-8,10-11H2. The second-order valence-corrected chi connectivity index (χ2v) is 3.77. The summed E-state index contributed by atoms with van der Waals surface area (Å²) < 4.78 is 1.70. The Balaban J connectivity index is 2.08. The third kappa shape index (κ3) is 5.09. The van der Waals surface area contributed by atoms with E-state index in [0.29, 0.717) is 6.54 Å². The summed E-state index contributed by atoms with van der Waals surface area (Å²) in [6.07, 6.45) is 4.80. The fourth-order valence-electron chi connectivity index (χ4n) is 1.51. The number of nitrogens with zero attached hydrogens (tertiary/aromatic N) is 1. The Bertz CT molecular complexity index is 336. The highest BCUT2D eigenvalue weighted by Crippen LogP contribution is 1.91. The average molecular weight is 224 g/mol. The van der Waals surface area contributed by atoms with E-state index in [0.717, 1.165) is 32.4 Å². The molecule has 1 rings (SSSR count). The maximum absolute atomic E-state index is 11.3. The number of hydrogen-bond donors (Lipinski definition) is 2. The number of aliphatic hydroxyl groups is 1. The van der Waals surface area contributed by atoms with Gasteiger partial charge in [-0.1, -0.05) is 6.07 Å². The van der Waals surface area contributed by atoms with E-state index in [4.69, 9.17) is 5.11 Å². The predicted molar refractivity (Wildman–Crippen MR) is 64.5 cm³/mol. The van der Waals surface area contributed by atoms with Crippen molar-refractivity contribution in [1.29, 1.82) is 0 Å². The molecule has 90 valence electrons. The Morgan fingerprint density at radius 3 is 2.81 bits per heavy atom. The average Bonchev–Trinajstić information content (AvgIpc) is 2.30. The first kappa shape index (κ1) is 12.9. The van der Waals surface area contributed by atoms with Gasteiger partial charge in [0.15, 0.2) is 0 Å². The summed E-state index contributed by atoms with van der Waals surface area (Å²) in [5.41, 5.74) is 0.0459. The zero-order chi connectivity index (χ0) is 11.6. The summed E-state index contributed by atoms with van der Waals surface area (Å²) in [6.45, 7) is 2.74. The highest BCUT2D eigenvalue weighted by molar-refractivity contribution is 4.93. The van der Waals surface area contributed by atoms with E-state index >= 15 is 0 Å². The highest BCUT2D eigenvalue weighted by atomic mass is 16.2. The first-order chi connectivity index (χ1) is 7.84. The second kappa shape index (κ2) is 8.07. The minimum Gasteiger partial charge on any atom is -0.396 e. The zero-order valence-corrected chi connectivity index (χ0v) is 9.56. The van der Waals surface area contributed by atoms with Crippen molar-refractivity contribution < 1.29 is 5.11 Å². The van der Waals surface area contributed by atoms with E-state index < -0.39 is 0 Å². The van der Waals surface area contributed by atoms with Crippen molar-refractivity contribution in [1.82, 2.24) is 9.88 Å². The number of pyridine rings is 1. The van der Waals surface area contributed by atoms with Crippen LogP contribution in [0.25, 0.3) is 0 Å². The van der Waals surface area contributed by atoms with Gasteiger partial charge >= 0.3 is 0 Å². The van der Waals surface area contributed by atoms with Crippen LogP contribution in [0.15, 0.2) is 29.2 Å². The Morgan fingerprint density at radius 2 is 2.06 bits per heavy atom. The molecule has 0 saturated carbocycles. The van der Waals surface area contributed by atoms with Crippen molar-refractivity contribution in [2.75, 3.05) is 19.7 Å². The molecular weight excluding hydrogens is 204 g/mol. The number of hydrogen-bond acceptors (Lipinski definition) is 3. The molecule has 0 fully saturated rings. The largest absolute Gasteiger partial charge is 0.396 e. The van der Waals surface area contributed by atoms with Crippen molar-refractivity contribution in [2.24, 2.45) is 0 Å². The molecule has 0 radical (unpaired) electrons. The molecule has 16 heavy (non-hydrogen) atoms. The van der Waals surface area contributed by atoms with Crippen molar-refractivity contribution in [3.05, 3.63) is 34.7 Å². The lowest BCUT2D eigenvalue weighted by Gasteiger charge is -2.06. The number of aromatic nitrogens is 1. The number of aliphatic hydroxyl groups excluding tert-OH is 1. The maximum Gasteiger partial charge on any atom is 0.250 e. The van der Waals surface area contributed by atoms with Gasteiger partial charge in [0, 0.05) is 32.0 Å². The molecule has 0 unspecified atom stereocenters. The summed E-state index contributed by atoms with van der Waals surface area (Å²) in [5.74, 6) is 0. The van der Waals surface area contributed by atoms with E-state index in [2.05, 4.69) is 5.32 Å². The number of rotatable bonds is 8. The molecule has 1 heterocycles. The number of unbranched alkanes of at least 4 members (excludes halogenated alkanes) is 2.